The molecule has 0 bridgehead atoms. The predicted molar refractivity (Wildman–Crippen MR) is 101 cm³/mol. The van der Waals surface area contributed by atoms with E-state index in [9.17, 15) is 13.6 Å². The van der Waals surface area contributed by atoms with Crippen molar-refractivity contribution in [3.8, 4) is 5.75 Å². The maximum Gasteiger partial charge on any atom is 0.227 e. The Hall–Kier alpha value is -3.29. The van der Waals surface area contributed by atoms with Crippen LogP contribution in [0.25, 0.3) is 0 Å². The summed E-state index contributed by atoms with van der Waals surface area (Å²) in [6, 6.07) is 10.9. The van der Waals surface area contributed by atoms with Crippen LogP contribution in [0.2, 0.25) is 0 Å². The SMILES string of the molecule is COc1ccc(CCc2nc(C3CC(=O)N(c4ccc(F)cc4F)C3)no2)cc1. The lowest BCUT2D eigenvalue weighted by Crippen LogP contribution is -2.25. The number of nitrogens with zero attached hydrogens (tertiary/aromatic N) is 3. The first-order chi connectivity index (χ1) is 14.0. The minimum Gasteiger partial charge on any atom is -0.497 e. The van der Waals surface area contributed by atoms with Crippen molar-refractivity contribution in [2.24, 2.45) is 0 Å². The van der Waals surface area contributed by atoms with Gasteiger partial charge >= 0.3 is 0 Å². The van der Waals surface area contributed by atoms with Gasteiger partial charge in [0.15, 0.2) is 5.82 Å². The highest BCUT2D eigenvalue weighted by molar-refractivity contribution is 5.96. The first-order valence-electron chi connectivity index (χ1n) is 9.24. The van der Waals surface area contributed by atoms with Crippen LogP contribution in [0.4, 0.5) is 14.5 Å². The zero-order valence-electron chi connectivity index (χ0n) is 15.8. The van der Waals surface area contributed by atoms with Crippen LogP contribution in [0.1, 0.15) is 29.6 Å². The minimum absolute atomic E-state index is 0.0575. The van der Waals surface area contributed by atoms with E-state index in [2.05, 4.69) is 10.1 Å². The van der Waals surface area contributed by atoms with Gasteiger partial charge in [-0.3, -0.25) is 4.79 Å². The topological polar surface area (TPSA) is 68.5 Å². The van der Waals surface area contributed by atoms with Crippen LogP contribution in [0, 0.1) is 11.6 Å². The van der Waals surface area contributed by atoms with Crippen molar-refractivity contribution in [1.82, 2.24) is 10.1 Å². The van der Waals surface area contributed by atoms with E-state index in [-0.39, 0.29) is 30.5 Å². The highest BCUT2D eigenvalue weighted by atomic mass is 19.1. The van der Waals surface area contributed by atoms with Gasteiger partial charge in [0, 0.05) is 31.4 Å². The standard InChI is InChI=1S/C21H19F2N3O3/c1-28-16-6-2-13(3-7-16)4-9-19-24-21(25-29-19)14-10-20(27)26(12-14)18-8-5-15(22)11-17(18)23/h2-3,5-8,11,14H,4,9-10,12H2,1H3. The van der Waals surface area contributed by atoms with Gasteiger partial charge in [-0.05, 0) is 36.2 Å². The lowest BCUT2D eigenvalue weighted by atomic mass is 10.1. The van der Waals surface area contributed by atoms with E-state index in [1.807, 2.05) is 24.3 Å². The second-order valence-corrected chi connectivity index (χ2v) is 6.90. The smallest absolute Gasteiger partial charge is 0.227 e. The van der Waals surface area contributed by atoms with Crippen molar-refractivity contribution in [3.05, 3.63) is 71.4 Å². The van der Waals surface area contributed by atoms with E-state index < -0.39 is 11.6 Å². The molecule has 8 heteroatoms. The summed E-state index contributed by atoms with van der Waals surface area (Å²) < 4.78 is 37.6. The summed E-state index contributed by atoms with van der Waals surface area (Å²) in [5.41, 5.74) is 1.17. The molecule has 3 aromatic rings. The van der Waals surface area contributed by atoms with Gasteiger partial charge in [0.1, 0.15) is 17.4 Å². The Kier molecular flexibility index (Phi) is 5.24. The number of hydrogen-bond donors (Lipinski definition) is 0. The van der Waals surface area contributed by atoms with Crippen LogP contribution in [0.15, 0.2) is 47.0 Å². The minimum atomic E-state index is -0.771. The molecule has 1 unspecified atom stereocenters. The number of aryl methyl sites for hydroxylation is 2. The van der Waals surface area contributed by atoms with Crippen LogP contribution in [-0.2, 0) is 17.6 Å². The molecule has 0 aliphatic carbocycles. The summed E-state index contributed by atoms with van der Waals surface area (Å²) in [6.45, 7) is 0.221. The molecular weight excluding hydrogens is 380 g/mol. The summed E-state index contributed by atoms with van der Waals surface area (Å²) in [6.07, 6.45) is 1.44. The third-order valence-corrected chi connectivity index (χ3v) is 4.96. The molecular formula is C21H19F2N3O3. The molecule has 1 aliphatic heterocycles. The summed E-state index contributed by atoms with van der Waals surface area (Å²) in [5.74, 6) is -0.318. The summed E-state index contributed by atoms with van der Waals surface area (Å²) in [4.78, 5) is 18.0. The maximum atomic E-state index is 14.0. The molecule has 0 saturated carbocycles. The van der Waals surface area contributed by atoms with Crippen LogP contribution in [0.5, 0.6) is 5.75 Å². The third-order valence-electron chi connectivity index (χ3n) is 4.96. The largest absolute Gasteiger partial charge is 0.497 e. The van der Waals surface area contributed by atoms with Crippen molar-refractivity contribution < 1.29 is 22.8 Å². The van der Waals surface area contributed by atoms with Crippen LogP contribution in [-0.4, -0.2) is 29.7 Å². The summed E-state index contributed by atoms with van der Waals surface area (Å²) in [5, 5.41) is 4.00. The van der Waals surface area contributed by atoms with Crippen molar-refractivity contribution in [3.63, 3.8) is 0 Å². The van der Waals surface area contributed by atoms with E-state index in [0.29, 0.717) is 18.1 Å². The number of carbonyl (C=O) groups excluding carboxylic acids is 1. The number of amides is 1. The number of benzene rings is 2. The molecule has 1 aliphatic rings. The first kappa shape index (κ1) is 19.0. The fourth-order valence-corrected chi connectivity index (χ4v) is 3.39. The van der Waals surface area contributed by atoms with Crippen LogP contribution >= 0.6 is 0 Å². The highest BCUT2D eigenvalue weighted by Gasteiger charge is 2.35. The quantitative estimate of drug-likeness (QED) is 0.633. The Morgan fingerprint density at radius 1 is 1.17 bits per heavy atom. The molecule has 1 fully saturated rings. The van der Waals surface area contributed by atoms with Gasteiger partial charge < -0.3 is 14.2 Å². The average Bonchev–Trinajstić information content (AvgIpc) is 3.34. The van der Waals surface area contributed by atoms with E-state index in [1.165, 1.54) is 11.0 Å². The summed E-state index contributed by atoms with van der Waals surface area (Å²) >= 11 is 0. The first-order valence-corrected chi connectivity index (χ1v) is 9.24. The summed E-state index contributed by atoms with van der Waals surface area (Å²) in [7, 11) is 1.62. The molecule has 1 atom stereocenters. The fraction of sp³-hybridized carbons (Fsp3) is 0.286. The Balaban J connectivity index is 1.40. The Labute approximate surface area is 166 Å². The lowest BCUT2D eigenvalue weighted by Gasteiger charge is -2.16. The van der Waals surface area contributed by atoms with Crippen molar-refractivity contribution in [1.29, 1.82) is 0 Å². The molecule has 2 aromatic carbocycles. The lowest BCUT2D eigenvalue weighted by molar-refractivity contribution is -0.117. The van der Waals surface area contributed by atoms with E-state index in [1.54, 1.807) is 7.11 Å². The van der Waals surface area contributed by atoms with Crippen LogP contribution in [0.3, 0.4) is 0 Å². The van der Waals surface area contributed by atoms with E-state index in [4.69, 9.17) is 9.26 Å². The Bertz CT molecular complexity index is 1020. The number of methoxy groups -OCH3 is 1. The molecule has 4 rings (SSSR count). The number of hydrogen-bond acceptors (Lipinski definition) is 5. The molecule has 0 spiro atoms. The van der Waals surface area contributed by atoms with Gasteiger partial charge in [-0.25, -0.2) is 8.78 Å². The third kappa shape index (κ3) is 4.11. The fourth-order valence-electron chi connectivity index (χ4n) is 3.39. The van der Waals surface area contributed by atoms with E-state index >= 15 is 0 Å². The number of ether oxygens (including phenoxy) is 1. The highest BCUT2D eigenvalue weighted by Crippen LogP contribution is 2.32. The second-order valence-electron chi connectivity index (χ2n) is 6.90. The molecule has 0 N–H and O–H groups in total. The Morgan fingerprint density at radius 2 is 1.97 bits per heavy atom. The molecule has 1 aromatic heterocycles. The zero-order valence-corrected chi connectivity index (χ0v) is 15.8. The van der Waals surface area contributed by atoms with Gasteiger partial charge in [-0.1, -0.05) is 17.3 Å². The predicted octanol–water partition coefficient (Wildman–Crippen LogP) is 3.66. The average molecular weight is 399 g/mol. The number of rotatable bonds is 6. The van der Waals surface area contributed by atoms with Crippen LogP contribution < -0.4 is 9.64 Å². The zero-order chi connectivity index (χ0) is 20.4. The molecule has 2 heterocycles. The monoisotopic (exact) mass is 399 g/mol. The van der Waals surface area contributed by atoms with Gasteiger partial charge in [0.2, 0.25) is 11.8 Å². The van der Waals surface area contributed by atoms with E-state index in [0.717, 1.165) is 29.9 Å². The van der Waals surface area contributed by atoms with Gasteiger partial charge in [-0.2, -0.15) is 4.98 Å². The molecule has 1 amide bonds. The normalized spacial score (nSPS) is 16.4. The second kappa shape index (κ2) is 7.98. The number of anilines is 1. The number of halogens is 2. The number of aromatic nitrogens is 2. The van der Waals surface area contributed by atoms with Gasteiger partial charge in [-0.15, -0.1) is 0 Å². The van der Waals surface area contributed by atoms with Gasteiger partial charge in [0.25, 0.3) is 0 Å². The molecule has 0 radical (unpaired) electrons. The van der Waals surface area contributed by atoms with Crippen molar-refractivity contribution >= 4 is 11.6 Å². The van der Waals surface area contributed by atoms with Crippen molar-refractivity contribution in [2.75, 3.05) is 18.6 Å². The maximum absolute atomic E-state index is 14.0. The number of carbonyl (C=O) groups is 1. The van der Waals surface area contributed by atoms with Crippen molar-refractivity contribution in [2.45, 2.75) is 25.2 Å². The van der Waals surface area contributed by atoms with Gasteiger partial charge in [0.05, 0.1) is 12.8 Å². The molecule has 150 valence electrons. The molecule has 6 nitrogen and oxygen atoms in total. The molecule has 1 saturated heterocycles. The molecule has 29 heavy (non-hydrogen) atoms. The Morgan fingerprint density at radius 3 is 2.69 bits per heavy atom.